The Kier molecular flexibility index (Phi) is 7.41. The standard InChI is InChI=1S/C27H32N4O/c1-32-26-16-15-23(22-7-3-2-4-8-22)17-25(26)31-27(30-24-9-5-6-10-24)29-19-21-13-11-20(18-28)12-14-21/h2-4,7-8,11-17,24H,5-6,9-10,18-19,28H2,1H3,(H2,29,30,31). The highest BCUT2D eigenvalue weighted by atomic mass is 16.5. The maximum Gasteiger partial charge on any atom is 0.196 e. The molecular formula is C27H32N4O. The zero-order valence-corrected chi connectivity index (χ0v) is 18.7. The first-order chi connectivity index (χ1) is 15.7. The lowest BCUT2D eigenvalue weighted by Crippen LogP contribution is -2.37. The van der Waals surface area contributed by atoms with E-state index in [2.05, 4.69) is 71.3 Å². The van der Waals surface area contributed by atoms with Gasteiger partial charge in [-0.05, 0) is 47.2 Å². The lowest BCUT2D eigenvalue weighted by atomic mass is 10.0. The van der Waals surface area contributed by atoms with Gasteiger partial charge in [0, 0.05) is 12.6 Å². The maximum atomic E-state index is 5.72. The van der Waals surface area contributed by atoms with E-state index in [-0.39, 0.29) is 0 Å². The first-order valence-electron chi connectivity index (χ1n) is 11.3. The molecule has 0 atom stereocenters. The lowest BCUT2D eigenvalue weighted by Gasteiger charge is -2.19. The van der Waals surface area contributed by atoms with Gasteiger partial charge in [-0.3, -0.25) is 0 Å². The number of hydrogen-bond donors (Lipinski definition) is 3. The van der Waals surface area contributed by atoms with Crippen LogP contribution in [0, 0.1) is 0 Å². The van der Waals surface area contributed by atoms with Crippen molar-refractivity contribution in [1.29, 1.82) is 0 Å². The molecule has 0 amide bonds. The number of guanidine groups is 1. The minimum Gasteiger partial charge on any atom is -0.495 e. The van der Waals surface area contributed by atoms with Crippen molar-refractivity contribution in [3.05, 3.63) is 83.9 Å². The van der Waals surface area contributed by atoms with E-state index in [1.807, 2.05) is 12.1 Å². The van der Waals surface area contributed by atoms with Crippen LogP contribution in [0.5, 0.6) is 5.75 Å². The fraction of sp³-hybridized carbons (Fsp3) is 0.296. The largest absolute Gasteiger partial charge is 0.495 e. The SMILES string of the molecule is COc1ccc(-c2ccccc2)cc1NC(=NCc1ccc(CN)cc1)NC1CCCC1. The van der Waals surface area contributed by atoms with Crippen molar-refractivity contribution in [3.63, 3.8) is 0 Å². The molecule has 1 aliphatic carbocycles. The second-order valence-corrected chi connectivity index (χ2v) is 8.22. The van der Waals surface area contributed by atoms with Crippen LogP contribution >= 0.6 is 0 Å². The smallest absolute Gasteiger partial charge is 0.196 e. The van der Waals surface area contributed by atoms with Gasteiger partial charge in [-0.2, -0.15) is 0 Å². The van der Waals surface area contributed by atoms with Gasteiger partial charge in [-0.1, -0.05) is 73.5 Å². The molecule has 32 heavy (non-hydrogen) atoms. The van der Waals surface area contributed by atoms with Crippen LogP contribution in [0.3, 0.4) is 0 Å². The molecule has 0 saturated heterocycles. The molecule has 3 aromatic rings. The van der Waals surface area contributed by atoms with E-state index in [1.54, 1.807) is 7.11 Å². The summed E-state index contributed by atoms with van der Waals surface area (Å²) < 4.78 is 5.64. The molecule has 0 aromatic heterocycles. The Morgan fingerprint density at radius 2 is 1.66 bits per heavy atom. The Hall–Kier alpha value is -3.31. The van der Waals surface area contributed by atoms with Gasteiger partial charge in [-0.15, -0.1) is 0 Å². The van der Waals surface area contributed by atoms with Crippen LogP contribution in [0.2, 0.25) is 0 Å². The van der Waals surface area contributed by atoms with Crippen LogP contribution in [0.25, 0.3) is 11.1 Å². The number of aliphatic imine (C=N–C) groups is 1. The zero-order valence-electron chi connectivity index (χ0n) is 18.7. The summed E-state index contributed by atoms with van der Waals surface area (Å²) in [6, 6.07) is 25.3. The molecule has 166 valence electrons. The summed E-state index contributed by atoms with van der Waals surface area (Å²) in [6.45, 7) is 1.14. The van der Waals surface area contributed by atoms with Crippen LogP contribution in [0.4, 0.5) is 5.69 Å². The summed E-state index contributed by atoms with van der Waals surface area (Å²) in [6.07, 6.45) is 4.87. The Bertz CT molecular complexity index is 1030. The van der Waals surface area contributed by atoms with Crippen LogP contribution in [-0.2, 0) is 13.1 Å². The minimum absolute atomic E-state index is 0.448. The quantitative estimate of drug-likeness (QED) is 0.352. The van der Waals surface area contributed by atoms with E-state index in [1.165, 1.54) is 31.2 Å². The summed E-state index contributed by atoms with van der Waals surface area (Å²) in [4.78, 5) is 4.89. The molecule has 5 nitrogen and oxygen atoms in total. The Morgan fingerprint density at radius 1 is 0.938 bits per heavy atom. The summed E-state index contributed by atoms with van der Waals surface area (Å²) in [7, 11) is 1.70. The highest BCUT2D eigenvalue weighted by Crippen LogP contribution is 2.31. The molecule has 1 aliphatic rings. The van der Waals surface area contributed by atoms with Crippen molar-refractivity contribution in [2.45, 2.75) is 44.8 Å². The first kappa shape index (κ1) is 21.9. The molecule has 1 saturated carbocycles. The number of hydrogen-bond acceptors (Lipinski definition) is 3. The Balaban J connectivity index is 1.59. The molecule has 0 unspecified atom stereocenters. The summed E-state index contributed by atoms with van der Waals surface area (Å²) in [5, 5.41) is 7.15. The average Bonchev–Trinajstić information content (AvgIpc) is 3.36. The fourth-order valence-electron chi connectivity index (χ4n) is 4.08. The summed E-state index contributed by atoms with van der Waals surface area (Å²) in [5.74, 6) is 1.57. The molecule has 0 bridgehead atoms. The van der Waals surface area contributed by atoms with Crippen molar-refractivity contribution in [3.8, 4) is 16.9 Å². The third-order valence-corrected chi connectivity index (χ3v) is 5.93. The highest BCUT2D eigenvalue weighted by Gasteiger charge is 2.17. The van der Waals surface area contributed by atoms with Crippen LogP contribution < -0.4 is 21.1 Å². The van der Waals surface area contributed by atoms with E-state index < -0.39 is 0 Å². The molecule has 4 rings (SSSR count). The van der Waals surface area contributed by atoms with E-state index in [4.69, 9.17) is 15.5 Å². The van der Waals surface area contributed by atoms with Gasteiger partial charge in [-0.25, -0.2) is 4.99 Å². The maximum absolute atomic E-state index is 5.72. The van der Waals surface area contributed by atoms with Gasteiger partial charge < -0.3 is 21.1 Å². The van der Waals surface area contributed by atoms with Crippen molar-refractivity contribution in [2.75, 3.05) is 12.4 Å². The van der Waals surface area contributed by atoms with E-state index in [0.717, 1.165) is 34.1 Å². The topological polar surface area (TPSA) is 71.7 Å². The van der Waals surface area contributed by atoms with Crippen LogP contribution in [0.1, 0.15) is 36.8 Å². The molecule has 1 fully saturated rings. The molecule has 0 radical (unpaired) electrons. The number of anilines is 1. The van der Waals surface area contributed by atoms with Crippen molar-refractivity contribution >= 4 is 11.6 Å². The number of rotatable bonds is 7. The minimum atomic E-state index is 0.448. The lowest BCUT2D eigenvalue weighted by molar-refractivity contribution is 0.417. The normalized spacial score (nSPS) is 14.4. The second-order valence-electron chi connectivity index (χ2n) is 8.22. The Labute approximate surface area is 190 Å². The molecule has 0 heterocycles. The molecule has 3 aromatic carbocycles. The van der Waals surface area contributed by atoms with E-state index >= 15 is 0 Å². The molecule has 0 aliphatic heterocycles. The number of nitrogens with zero attached hydrogens (tertiary/aromatic N) is 1. The number of benzene rings is 3. The fourth-order valence-corrected chi connectivity index (χ4v) is 4.08. The molecule has 0 spiro atoms. The predicted octanol–water partition coefficient (Wildman–Crippen LogP) is 5.32. The van der Waals surface area contributed by atoms with Crippen molar-refractivity contribution in [1.82, 2.24) is 5.32 Å². The van der Waals surface area contributed by atoms with Crippen molar-refractivity contribution < 1.29 is 4.74 Å². The van der Waals surface area contributed by atoms with Crippen LogP contribution in [0.15, 0.2) is 77.8 Å². The monoisotopic (exact) mass is 428 g/mol. The Morgan fingerprint density at radius 3 is 2.34 bits per heavy atom. The molecule has 4 N–H and O–H groups in total. The van der Waals surface area contributed by atoms with E-state index in [9.17, 15) is 0 Å². The average molecular weight is 429 g/mol. The first-order valence-corrected chi connectivity index (χ1v) is 11.3. The summed E-state index contributed by atoms with van der Waals surface area (Å²) >= 11 is 0. The predicted molar refractivity (Wildman–Crippen MR) is 133 cm³/mol. The van der Waals surface area contributed by atoms with Gasteiger partial charge in [0.25, 0.3) is 0 Å². The number of nitrogens with two attached hydrogens (primary N) is 1. The van der Waals surface area contributed by atoms with Gasteiger partial charge in [0.15, 0.2) is 5.96 Å². The number of methoxy groups -OCH3 is 1. The highest BCUT2D eigenvalue weighted by molar-refractivity contribution is 5.96. The number of ether oxygens (including phenoxy) is 1. The van der Waals surface area contributed by atoms with Gasteiger partial charge in [0.2, 0.25) is 0 Å². The summed E-state index contributed by atoms with van der Waals surface area (Å²) in [5.41, 5.74) is 11.2. The van der Waals surface area contributed by atoms with Gasteiger partial charge in [0.1, 0.15) is 5.75 Å². The third-order valence-electron chi connectivity index (χ3n) is 5.93. The van der Waals surface area contributed by atoms with Crippen LogP contribution in [-0.4, -0.2) is 19.1 Å². The van der Waals surface area contributed by atoms with Gasteiger partial charge >= 0.3 is 0 Å². The van der Waals surface area contributed by atoms with E-state index in [0.29, 0.717) is 19.1 Å². The van der Waals surface area contributed by atoms with Gasteiger partial charge in [0.05, 0.1) is 19.3 Å². The number of nitrogens with one attached hydrogen (secondary N) is 2. The third kappa shape index (κ3) is 5.68. The molecule has 5 heteroatoms. The molecular weight excluding hydrogens is 396 g/mol. The van der Waals surface area contributed by atoms with Crippen molar-refractivity contribution in [2.24, 2.45) is 10.7 Å². The zero-order chi connectivity index (χ0) is 22.2. The second kappa shape index (κ2) is 10.8.